The number of methoxy groups -OCH3 is 1. The van der Waals surface area contributed by atoms with Crippen LogP contribution in [0, 0.1) is 0 Å². The van der Waals surface area contributed by atoms with E-state index in [9.17, 15) is 14.4 Å². The van der Waals surface area contributed by atoms with Crippen molar-refractivity contribution < 1.29 is 23.5 Å². The third-order valence-electron chi connectivity index (χ3n) is 4.15. The summed E-state index contributed by atoms with van der Waals surface area (Å²) in [5.41, 5.74) is 0.891. The van der Waals surface area contributed by atoms with Gasteiger partial charge in [0.25, 0.3) is 18.6 Å². The molecule has 0 aromatic carbocycles. The standard InChI is InChI=1S/C16H19N3O5S/c1-23-16(22)14-10-6-4-2-3-5-7-11(10)25-15(14)17-12(20)8-19-9-13(21)24-18-19/h9H,2-8H2,1H3,(H-,17,18,20,21,22)/p+1. The van der Waals surface area contributed by atoms with Crippen molar-refractivity contribution in [1.29, 1.82) is 0 Å². The van der Waals surface area contributed by atoms with Gasteiger partial charge < -0.3 is 10.1 Å². The number of H-pyrrole nitrogens is 1. The second kappa shape index (κ2) is 7.64. The van der Waals surface area contributed by atoms with E-state index in [1.165, 1.54) is 29.5 Å². The molecule has 25 heavy (non-hydrogen) atoms. The lowest BCUT2D eigenvalue weighted by Gasteiger charge is -2.10. The number of nitrogens with zero attached hydrogens (tertiary/aromatic N) is 1. The molecule has 0 saturated carbocycles. The van der Waals surface area contributed by atoms with Crippen LogP contribution in [0.15, 0.2) is 15.5 Å². The molecule has 1 aliphatic carbocycles. The Morgan fingerprint density at radius 3 is 2.76 bits per heavy atom. The average molecular weight is 366 g/mol. The number of thiophene rings is 1. The van der Waals surface area contributed by atoms with Gasteiger partial charge in [-0.1, -0.05) is 17.5 Å². The highest BCUT2D eigenvalue weighted by molar-refractivity contribution is 7.17. The van der Waals surface area contributed by atoms with Crippen LogP contribution >= 0.6 is 11.3 Å². The molecule has 0 spiro atoms. The summed E-state index contributed by atoms with van der Waals surface area (Å²) in [6, 6.07) is 0. The molecule has 1 amide bonds. The Morgan fingerprint density at radius 1 is 1.32 bits per heavy atom. The molecule has 134 valence electrons. The van der Waals surface area contributed by atoms with Crippen molar-refractivity contribution in [2.24, 2.45) is 0 Å². The molecule has 1 aliphatic rings. The van der Waals surface area contributed by atoms with Gasteiger partial charge in [-0.15, -0.1) is 11.3 Å². The van der Waals surface area contributed by atoms with Gasteiger partial charge in [0, 0.05) is 4.88 Å². The van der Waals surface area contributed by atoms with Gasteiger partial charge in [-0.2, -0.15) is 0 Å². The van der Waals surface area contributed by atoms with Gasteiger partial charge in [0.15, 0.2) is 0 Å². The first-order chi connectivity index (χ1) is 12.1. The maximum atomic E-state index is 12.3. The summed E-state index contributed by atoms with van der Waals surface area (Å²) in [7, 11) is 1.34. The van der Waals surface area contributed by atoms with Crippen molar-refractivity contribution in [3.63, 3.8) is 0 Å². The third-order valence-corrected chi connectivity index (χ3v) is 5.36. The molecule has 2 N–H and O–H groups in total. The van der Waals surface area contributed by atoms with Gasteiger partial charge in [0.1, 0.15) is 5.00 Å². The second-order valence-electron chi connectivity index (χ2n) is 5.93. The molecule has 0 fully saturated rings. The Morgan fingerprint density at radius 2 is 2.08 bits per heavy atom. The van der Waals surface area contributed by atoms with E-state index in [0.717, 1.165) is 48.7 Å². The highest BCUT2D eigenvalue weighted by Gasteiger charge is 2.26. The Labute approximate surface area is 147 Å². The van der Waals surface area contributed by atoms with Crippen LogP contribution in [0.4, 0.5) is 5.00 Å². The Kier molecular flexibility index (Phi) is 5.32. The fraction of sp³-hybridized carbons (Fsp3) is 0.500. The monoisotopic (exact) mass is 366 g/mol. The van der Waals surface area contributed by atoms with Gasteiger partial charge in [-0.25, -0.2) is 9.59 Å². The largest absolute Gasteiger partial charge is 0.465 e. The zero-order chi connectivity index (χ0) is 17.8. The van der Waals surface area contributed by atoms with Gasteiger partial charge in [0.2, 0.25) is 0 Å². The molecule has 0 bridgehead atoms. The topological polar surface area (TPSA) is 105 Å². The first kappa shape index (κ1) is 17.4. The maximum Gasteiger partial charge on any atom is 0.426 e. The maximum absolute atomic E-state index is 12.3. The molecule has 0 aliphatic heterocycles. The highest BCUT2D eigenvalue weighted by Crippen LogP contribution is 2.37. The van der Waals surface area contributed by atoms with Crippen LogP contribution in [0.25, 0.3) is 0 Å². The smallest absolute Gasteiger partial charge is 0.426 e. The van der Waals surface area contributed by atoms with Crippen LogP contribution < -0.4 is 15.6 Å². The molecule has 0 atom stereocenters. The summed E-state index contributed by atoms with van der Waals surface area (Å²) in [6.07, 6.45) is 7.29. The lowest BCUT2D eigenvalue weighted by molar-refractivity contribution is -0.750. The summed E-state index contributed by atoms with van der Waals surface area (Å²) in [5, 5.41) is 5.60. The number of fused-ring (bicyclic) bond motifs is 1. The number of aryl methyl sites for hydroxylation is 1. The lowest BCUT2D eigenvalue weighted by atomic mass is 9.96. The Balaban J connectivity index is 1.86. The highest BCUT2D eigenvalue weighted by atomic mass is 32.1. The zero-order valence-corrected chi connectivity index (χ0v) is 14.7. The number of rotatable bonds is 4. The minimum Gasteiger partial charge on any atom is -0.465 e. The molecule has 2 heterocycles. The summed E-state index contributed by atoms with van der Waals surface area (Å²) in [5.74, 6) is -0.792. The average Bonchev–Trinajstić information content (AvgIpc) is 3.10. The molecule has 2 aromatic rings. The van der Waals surface area contributed by atoms with Crippen molar-refractivity contribution in [3.8, 4) is 0 Å². The molecular weight excluding hydrogens is 346 g/mol. The van der Waals surface area contributed by atoms with Crippen LogP contribution in [-0.2, 0) is 28.9 Å². The van der Waals surface area contributed by atoms with Gasteiger partial charge >= 0.3 is 11.6 Å². The predicted molar refractivity (Wildman–Crippen MR) is 89.7 cm³/mol. The number of anilines is 1. The fourth-order valence-corrected chi connectivity index (χ4v) is 4.30. The lowest BCUT2D eigenvalue weighted by Crippen LogP contribution is -2.41. The van der Waals surface area contributed by atoms with E-state index in [-0.39, 0.29) is 12.5 Å². The second-order valence-corrected chi connectivity index (χ2v) is 7.04. The van der Waals surface area contributed by atoms with E-state index in [0.29, 0.717) is 10.6 Å². The molecule has 2 aromatic heterocycles. The zero-order valence-electron chi connectivity index (χ0n) is 13.9. The summed E-state index contributed by atoms with van der Waals surface area (Å²) < 4.78 is 10.7. The fourth-order valence-electron chi connectivity index (χ4n) is 3.01. The first-order valence-corrected chi connectivity index (χ1v) is 9.01. The van der Waals surface area contributed by atoms with Gasteiger partial charge in [-0.3, -0.25) is 9.32 Å². The van der Waals surface area contributed by atoms with Crippen LogP contribution in [0.5, 0.6) is 0 Å². The quantitative estimate of drug-likeness (QED) is 0.629. The molecule has 0 radical (unpaired) electrons. The van der Waals surface area contributed by atoms with Crippen LogP contribution in [0.1, 0.15) is 46.5 Å². The number of hydrogen-bond donors (Lipinski definition) is 2. The molecular formula is C16H20N3O5S+. The Bertz CT molecular complexity index is 835. The normalized spacial score (nSPS) is 14.3. The Hall–Kier alpha value is -2.42. The number of aromatic nitrogens is 2. The minimum absolute atomic E-state index is 0.116. The summed E-state index contributed by atoms with van der Waals surface area (Å²) >= 11 is 1.43. The van der Waals surface area contributed by atoms with E-state index in [2.05, 4.69) is 15.1 Å². The van der Waals surface area contributed by atoms with E-state index >= 15 is 0 Å². The third kappa shape index (κ3) is 3.98. The minimum atomic E-state index is -0.567. The summed E-state index contributed by atoms with van der Waals surface area (Å²) in [4.78, 5) is 36.7. The number of ether oxygens (including phenoxy) is 1. The van der Waals surface area contributed by atoms with Crippen LogP contribution in [0.3, 0.4) is 0 Å². The van der Waals surface area contributed by atoms with E-state index < -0.39 is 11.6 Å². The number of aromatic amines is 1. The number of esters is 1. The number of hydrogen-bond acceptors (Lipinski definition) is 6. The van der Waals surface area contributed by atoms with Crippen LogP contribution in [0.2, 0.25) is 0 Å². The number of carbonyl (C=O) groups excluding carboxylic acids is 2. The molecule has 9 heteroatoms. The molecule has 3 rings (SSSR count). The number of amides is 1. The molecule has 8 nitrogen and oxygen atoms in total. The van der Waals surface area contributed by atoms with E-state index in [4.69, 9.17) is 4.74 Å². The number of nitrogens with one attached hydrogen (secondary N) is 2. The van der Waals surface area contributed by atoms with Gasteiger partial charge in [-0.05, 0) is 36.5 Å². The van der Waals surface area contributed by atoms with Crippen molar-refractivity contribution in [3.05, 3.63) is 32.6 Å². The van der Waals surface area contributed by atoms with Crippen molar-refractivity contribution in [2.75, 3.05) is 12.4 Å². The first-order valence-electron chi connectivity index (χ1n) is 8.19. The summed E-state index contributed by atoms with van der Waals surface area (Å²) in [6.45, 7) is -0.116. The van der Waals surface area contributed by atoms with E-state index in [1.54, 1.807) is 0 Å². The molecule has 0 saturated heterocycles. The van der Waals surface area contributed by atoms with Crippen LogP contribution in [-0.4, -0.2) is 24.3 Å². The van der Waals surface area contributed by atoms with Crippen molar-refractivity contribution >= 4 is 28.2 Å². The van der Waals surface area contributed by atoms with E-state index in [1.807, 2.05) is 0 Å². The van der Waals surface area contributed by atoms with Gasteiger partial charge in [0.05, 0.1) is 12.7 Å². The predicted octanol–water partition coefficient (Wildman–Crippen LogP) is 1.40. The van der Waals surface area contributed by atoms with Crippen molar-refractivity contribution in [2.45, 2.75) is 45.1 Å². The molecule has 0 unspecified atom stereocenters. The SMILES string of the molecule is COC(=O)c1c(NC(=O)C[n+]2cc(=O)o[nH]2)sc2c1CCCCCC2. The number of carbonyl (C=O) groups is 2. The van der Waals surface area contributed by atoms with Crippen molar-refractivity contribution in [1.82, 2.24) is 5.27 Å².